The van der Waals surface area contributed by atoms with Crippen molar-refractivity contribution in [2.75, 3.05) is 0 Å². The second kappa shape index (κ2) is 4.57. The highest BCUT2D eigenvalue weighted by Gasteiger charge is 2.06. The van der Waals surface area contributed by atoms with E-state index in [0.29, 0.717) is 12.1 Å². The number of hydrogen-bond donors (Lipinski definition) is 1. The van der Waals surface area contributed by atoms with Gasteiger partial charge in [-0.1, -0.05) is 30.3 Å². The molecule has 0 aliphatic heterocycles. The molecule has 0 aliphatic rings. The minimum atomic E-state index is -0.910. The lowest BCUT2D eigenvalue weighted by atomic mass is 10.1. The van der Waals surface area contributed by atoms with Crippen LogP contribution in [0.4, 0.5) is 0 Å². The fourth-order valence-corrected chi connectivity index (χ4v) is 2.13. The Morgan fingerprint density at radius 2 is 2.00 bits per heavy atom. The number of aromatic nitrogens is 2. The van der Waals surface area contributed by atoms with Crippen LogP contribution in [-0.4, -0.2) is 20.9 Å². The molecule has 0 saturated carbocycles. The molecule has 0 amide bonds. The lowest BCUT2D eigenvalue weighted by molar-refractivity contribution is 0.0696. The Balaban J connectivity index is 1.97. The second-order valence-corrected chi connectivity index (χ2v) is 4.37. The molecule has 2 aromatic carbocycles. The molecule has 0 bridgehead atoms. The fourth-order valence-electron chi connectivity index (χ4n) is 2.13. The summed E-state index contributed by atoms with van der Waals surface area (Å²) in [6, 6.07) is 14.9. The van der Waals surface area contributed by atoms with Crippen molar-refractivity contribution in [3.05, 3.63) is 65.9 Å². The van der Waals surface area contributed by atoms with Crippen LogP contribution in [0.2, 0.25) is 0 Å². The number of carboxylic acids is 1. The topological polar surface area (TPSA) is 55.1 Å². The van der Waals surface area contributed by atoms with E-state index in [4.69, 9.17) is 5.11 Å². The molecule has 1 N–H and O–H groups in total. The van der Waals surface area contributed by atoms with Crippen LogP contribution in [0.5, 0.6) is 0 Å². The number of carboxylic acid groups (broad SMARTS) is 1. The molecule has 1 aromatic heterocycles. The normalized spacial score (nSPS) is 10.7. The number of rotatable bonds is 3. The number of nitrogens with zero attached hydrogens (tertiary/aromatic N) is 2. The van der Waals surface area contributed by atoms with Crippen LogP contribution in [-0.2, 0) is 6.54 Å². The van der Waals surface area contributed by atoms with Crippen LogP contribution < -0.4 is 0 Å². The van der Waals surface area contributed by atoms with Crippen LogP contribution in [0.1, 0.15) is 15.9 Å². The molecular formula is C15H12N2O2. The number of fused-ring (bicyclic) bond motifs is 1. The van der Waals surface area contributed by atoms with Gasteiger partial charge in [0.25, 0.3) is 0 Å². The summed E-state index contributed by atoms with van der Waals surface area (Å²) in [4.78, 5) is 10.9. The maximum Gasteiger partial charge on any atom is 0.335 e. The van der Waals surface area contributed by atoms with Crippen molar-refractivity contribution in [3.8, 4) is 0 Å². The van der Waals surface area contributed by atoms with Crippen molar-refractivity contribution >= 4 is 16.9 Å². The largest absolute Gasteiger partial charge is 0.478 e. The highest BCUT2D eigenvalue weighted by atomic mass is 16.4. The molecule has 94 valence electrons. The lowest BCUT2D eigenvalue weighted by Gasteiger charge is -2.05. The maximum atomic E-state index is 10.9. The van der Waals surface area contributed by atoms with E-state index < -0.39 is 5.97 Å². The molecule has 4 nitrogen and oxygen atoms in total. The van der Waals surface area contributed by atoms with Gasteiger partial charge in [-0.05, 0) is 23.8 Å². The van der Waals surface area contributed by atoms with Gasteiger partial charge in [0.1, 0.15) is 0 Å². The highest BCUT2D eigenvalue weighted by molar-refractivity contribution is 5.87. The van der Waals surface area contributed by atoms with Crippen LogP contribution in [0, 0.1) is 0 Å². The smallest absolute Gasteiger partial charge is 0.335 e. The van der Waals surface area contributed by atoms with E-state index in [1.54, 1.807) is 18.2 Å². The minimum Gasteiger partial charge on any atom is -0.478 e. The average Bonchev–Trinajstić information content (AvgIpc) is 2.83. The summed E-state index contributed by atoms with van der Waals surface area (Å²) in [5.74, 6) is -0.910. The van der Waals surface area contributed by atoms with Gasteiger partial charge in [0, 0.05) is 5.39 Å². The zero-order chi connectivity index (χ0) is 13.2. The highest BCUT2D eigenvalue weighted by Crippen LogP contribution is 2.15. The molecule has 3 aromatic rings. The Bertz CT molecular complexity index is 746. The van der Waals surface area contributed by atoms with E-state index in [0.717, 1.165) is 16.5 Å². The first kappa shape index (κ1) is 11.5. The molecule has 19 heavy (non-hydrogen) atoms. The zero-order valence-corrected chi connectivity index (χ0v) is 10.2. The predicted octanol–water partition coefficient (Wildman–Crippen LogP) is 2.78. The van der Waals surface area contributed by atoms with Crippen molar-refractivity contribution in [1.29, 1.82) is 0 Å². The monoisotopic (exact) mass is 252 g/mol. The van der Waals surface area contributed by atoms with Crippen molar-refractivity contribution in [1.82, 2.24) is 9.78 Å². The van der Waals surface area contributed by atoms with E-state index in [1.807, 2.05) is 41.2 Å². The molecule has 0 saturated heterocycles. The summed E-state index contributed by atoms with van der Waals surface area (Å²) in [5, 5.41) is 14.4. The summed E-state index contributed by atoms with van der Waals surface area (Å²) >= 11 is 0. The molecule has 0 unspecified atom stereocenters. The van der Waals surface area contributed by atoms with Crippen LogP contribution in [0.3, 0.4) is 0 Å². The fraction of sp³-hybridized carbons (Fsp3) is 0.0667. The standard InChI is InChI=1S/C15H12N2O2/c18-15(19)12-6-3-4-11(8-12)10-17-14-7-2-1-5-13(14)9-16-17/h1-9H,10H2,(H,18,19). The van der Waals surface area contributed by atoms with Gasteiger partial charge in [-0.25, -0.2) is 4.79 Å². The quantitative estimate of drug-likeness (QED) is 0.779. The molecule has 1 heterocycles. The first-order chi connectivity index (χ1) is 9.24. The number of carbonyl (C=O) groups is 1. The lowest BCUT2D eigenvalue weighted by Crippen LogP contribution is -2.03. The van der Waals surface area contributed by atoms with Crippen molar-refractivity contribution in [3.63, 3.8) is 0 Å². The van der Waals surface area contributed by atoms with E-state index >= 15 is 0 Å². The number of hydrogen-bond acceptors (Lipinski definition) is 2. The SMILES string of the molecule is O=C(O)c1cccc(Cn2ncc3ccccc32)c1. The van der Waals surface area contributed by atoms with Crippen LogP contribution in [0.25, 0.3) is 10.9 Å². The van der Waals surface area contributed by atoms with Gasteiger partial charge in [0.15, 0.2) is 0 Å². The zero-order valence-electron chi connectivity index (χ0n) is 10.2. The average molecular weight is 252 g/mol. The first-order valence-corrected chi connectivity index (χ1v) is 5.97. The van der Waals surface area contributed by atoms with Crippen molar-refractivity contribution in [2.45, 2.75) is 6.54 Å². The molecule has 3 rings (SSSR count). The van der Waals surface area contributed by atoms with Gasteiger partial charge < -0.3 is 5.11 Å². The molecule has 0 spiro atoms. The Morgan fingerprint density at radius 3 is 2.84 bits per heavy atom. The van der Waals surface area contributed by atoms with Crippen LogP contribution >= 0.6 is 0 Å². The Labute approximate surface area is 109 Å². The third-order valence-electron chi connectivity index (χ3n) is 3.06. The summed E-state index contributed by atoms with van der Waals surface area (Å²) < 4.78 is 1.87. The number of aromatic carboxylic acids is 1. The van der Waals surface area contributed by atoms with E-state index in [1.165, 1.54) is 0 Å². The second-order valence-electron chi connectivity index (χ2n) is 4.37. The molecular weight excluding hydrogens is 240 g/mol. The first-order valence-electron chi connectivity index (χ1n) is 5.97. The van der Waals surface area contributed by atoms with Crippen LogP contribution in [0.15, 0.2) is 54.7 Å². The van der Waals surface area contributed by atoms with Gasteiger partial charge in [-0.15, -0.1) is 0 Å². The number of para-hydroxylation sites is 1. The predicted molar refractivity (Wildman–Crippen MR) is 72.2 cm³/mol. The summed E-state index contributed by atoms with van der Waals surface area (Å²) in [5.41, 5.74) is 2.27. The third-order valence-corrected chi connectivity index (χ3v) is 3.06. The van der Waals surface area contributed by atoms with Gasteiger partial charge in [-0.2, -0.15) is 5.10 Å². The summed E-state index contributed by atoms with van der Waals surface area (Å²) in [6.07, 6.45) is 1.82. The molecule has 0 fully saturated rings. The minimum absolute atomic E-state index is 0.300. The van der Waals surface area contributed by atoms with E-state index in [-0.39, 0.29) is 0 Å². The molecule has 0 radical (unpaired) electrons. The van der Waals surface area contributed by atoms with Gasteiger partial charge in [0.05, 0.1) is 23.8 Å². The molecule has 4 heteroatoms. The maximum absolute atomic E-state index is 10.9. The molecule has 0 aliphatic carbocycles. The van der Waals surface area contributed by atoms with Gasteiger partial charge >= 0.3 is 5.97 Å². The van der Waals surface area contributed by atoms with Gasteiger partial charge in [-0.3, -0.25) is 4.68 Å². The van der Waals surface area contributed by atoms with Crippen molar-refractivity contribution < 1.29 is 9.90 Å². The summed E-state index contributed by atoms with van der Waals surface area (Å²) in [6.45, 7) is 0.564. The summed E-state index contributed by atoms with van der Waals surface area (Å²) in [7, 11) is 0. The Hall–Kier alpha value is -2.62. The van der Waals surface area contributed by atoms with Gasteiger partial charge in [0.2, 0.25) is 0 Å². The van der Waals surface area contributed by atoms with E-state index in [2.05, 4.69) is 5.10 Å². The Morgan fingerprint density at radius 1 is 1.16 bits per heavy atom. The number of benzene rings is 2. The van der Waals surface area contributed by atoms with Crippen molar-refractivity contribution in [2.24, 2.45) is 0 Å². The third kappa shape index (κ3) is 2.20. The van der Waals surface area contributed by atoms with E-state index in [9.17, 15) is 4.79 Å². The molecule has 0 atom stereocenters. The Kier molecular flexibility index (Phi) is 2.76.